The average molecular weight is 99.1 g/mol. The van der Waals surface area contributed by atoms with Crippen molar-refractivity contribution in [3.05, 3.63) is 12.7 Å². The second kappa shape index (κ2) is 3.56. The van der Waals surface area contributed by atoms with Crippen LogP contribution in [0.3, 0.4) is 0 Å². The van der Waals surface area contributed by atoms with Crippen LogP contribution >= 0.6 is 0 Å². The van der Waals surface area contributed by atoms with E-state index >= 15 is 0 Å². The highest BCUT2D eigenvalue weighted by atomic mass is 16.3. The van der Waals surface area contributed by atoms with Crippen LogP contribution in [0.25, 0.3) is 0 Å². The Kier molecular flexibility index (Phi) is 3.24. The van der Waals surface area contributed by atoms with Gasteiger partial charge >= 0.3 is 0 Å². The maximum absolute atomic E-state index is 8.32. The summed E-state index contributed by atoms with van der Waals surface area (Å²) in [4.78, 5) is 3.67. The molecule has 0 fully saturated rings. The van der Waals surface area contributed by atoms with Crippen LogP contribution in [0.15, 0.2) is 17.6 Å². The summed E-state index contributed by atoms with van der Waals surface area (Å²) in [6.45, 7) is 3.40. The molecule has 0 saturated heterocycles. The van der Waals surface area contributed by atoms with Crippen LogP contribution in [0, 0.1) is 0 Å². The summed E-state index contributed by atoms with van der Waals surface area (Å²) in [5.41, 5.74) is 0.625. The number of aliphatic hydroxyl groups excluding tert-OH is 1. The Morgan fingerprint density at radius 1 is 2.00 bits per heavy atom. The second-order valence-electron chi connectivity index (χ2n) is 1.08. The zero-order valence-electron chi connectivity index (χ0n) is 4.39. The van der Waals surface area contributed by atoms with Crippen molar-refractivity contribution in [2.24, 2.45) is 4.99 Å². The predicted octanol–water partition coefficient (Wildman–Crippen LogP) is 0.235. The van der Waals surface area contributed by atoms with Crippen LogP contribution in [-0.2, 0) is 0 Å². The quantitative estimate of drug-likeness (QED) is 0.494. The minimum atomic E-state index is -0.0139. The Morgan fingerprint density at radius 2 is 2.57 bits per heavy atom. The van der Waals surface area contributed by atoms with E-state index in [0.29, 0.717) is 5.71 Å². The summed E-state index contributed by atoms with van der Waals surface area (Å²) in [7, 11) is 1.62. The van der Waals surface area contributed by atoms with Gasteiger partial charge in [-0.05, 0) is 6.08 Å². The van der Waals surface area contributed by atoms with Crippen LogP contribution in [0.1, 0.15) is 0 Å². The van der Waals surface area contributed by atoms with Crippen LogP contribution in [-0.4, -0.2) is 24.5 Å². The number of hydrogen-bond acceptors (Lipinski definition) is 2. The molecular weight excluding hydrogens is 90.1 g/mol. The summed E-state index contributed by atoms with van der Waals surface area (Å²) >= 11 is 0. The number of aliphatic hydroxyl groups is 1. The Labute approximate surface area is 43.2 Å². The molecular formula is C5H9NO. The van der Waals surface area contributed by atoms with Gasteiger partial charge in [-0.2, -0.15) is 0 Å². The molecule has 0 unspecified atom stereocenters. The highest BCUT2D eigenvalue weighted by Gasteiger charge is 1.81. The molecule has 0 aromatic rings. The lowest BCUT2D eigenvalue weighted by molar-refractivity contribution is 0.358. The second-order valence-corrected chi connectivity index (χ2v) is 1.08. The van der Waals surface area contributed by atoms with E-state index in [-0.39, 0.29) is 6.61 Å². The minimum Gasteiger partial charge on any atom is -0.390 e. The summed E-state index contributed by atoms with van der Waals surface area (Å²) in [6.07, 6.45) is 1.53. The molecule has 1 N–H and O–H groups in total. The summed E-state index contributed by atoms with van der Waals surface area (Å²) in [6, 6.07) is 0. The predicted molar refractivity (Wildman–Crippen MR) is 30.6 cm³/mol. The third-order valence-electron chi connectivity index (χ3n) is 0.685. The van der Waals surface area contributed by atoms with E-state index in [1.54, 1.807) is 7.05 Å². The molecule has 0 aromatic carbocycles. The van der Waals surface area contributed by atoms with Gasteiger partial charge < -0.3 is 5.11 Å². The topological polar surface area (TPSA) is 32.6 Å². The van der Waals surface area contributed by atoms with E-state index < -0.39 is 0 Å². The van der Waals surface area contributed by atoms with Crippen LogP contribution in [0.4, 0.5) is 0 Å². The van der Waals surface area contributed by atoms with Gasteiger partial charge in [-0.25, -0.2) is 0 Å². The fourth-order valence-corrected chi connectivity index (χ4v) is 0.227. The smallest absolute Gasteiger partial charge is 0.0848 e. The maximum Gasteiger partial charge on any atom is 0.0848 e. The molecule has 0 aliphatic carbocycles. The summed E-state index contributed by atoms with van der Waals surface area (Å²) < 4.78 is 0. The van der Waals surface area contributed by atoms with E-state index in [1.807, 2.05) is 0 Å². The fraction of sp³-hybridized carbons (Fsp3) is 0.400. The van der Waals surface area contributed by atoms with Gasteiger partial charge in [0.2, 0.25) is 0 Å². The molecule has 0 radical (unpaired) electrons. The van der Waals surface area contributed by atoms with Crippen LogP contribution in [0.5, 0.6) is 0 Å². The first-order valence-electron chi connectivity index (χ1n) is 2.04. The number of aliphatic imine (C=N–C) groups is 1. The molecule has 0 bridgehead atoms. The molecule has 40 valence electrons. The van der Waals surface area contributed by atoms with Gasteiger partial charge in [0.25, 0.3) is 0 Å². The molecule has 2 nitrogen and oxygen atoms in total. The van der Waals surface area contributed by atoms with Crippen molar-refractivity contribution in [2.75, 3.05) is 13.7 Å². The molecule has 7 heavy (non-hydrogen) atoms. The lowest BCUT2D eigenvalue weighted by atomic mass is 10.4. The van der Waals surface area contributed by atoms with Crippen molar-refractivity contribution in [2.45, 2.75) is 0 Å². The number of rotatable bonds is 2. The molecule has 2 heteroatoms. The van der Waals surface area contributed by atoms with Gasteiger partial charge in [-0.1, -0.05) is 6.58 Å². The van der Waals surface area contributed by atoms with Crippen molar-refractivity contribution in [1.82, 2.24) is 0 Å². The van der Waals surface area contributed by atoms with Crippen LogP contribution in [0.2, 0.25) is 0 Å². The van der Waals surface area contributed by atoms with Crippen molar-refractivity contribution >= 4 is 5.71 Å². The van der Waals surface area contributed by atoms with Gasteiger partial charge in [0.05, 0.1) is 12.3 Å². The highest BCUT2D eigenvalue weighted by molar-refractivity contribution is 5.95. The standard InChI is InChI=1S/C5H9NO/c1-3-5(4-7)6-2/h3,7H,1,4H2,2H3/b6-5+. The number of hydrogen-bond donors (Lipinski definition) is 1. The first kappa shape index (κ1) is 6.37. The minimum absolute atomic E-state index is 0.0139. The van der Waals surface area contributed by atoms with Crippen LogP contribution < -0.4 is 0 Å². The third kappa shape index (κ3) is 2.11. The summed E-state index contributed by atoms with van der Waals surface area (Å²) in [5, 5.41) is 8.32. The normalized spacial score (nSPS) is 11.4. The number of nitrogens with zero attached hydrogens (tertiary/aromatic N) is 1. The van der Waals surface area contributed by atoms with E-state index in [4.69, 9.17) is 5.11 Å². The highest BCUT2D eigenvalue weighted by Crippen LogP contribution is 1.72. The van der Waals surface area contributed by atoms with Crippen molar-refractivity contribution in [3.8, 4) is 0 Å². The Balaban J connectivity index is 3.60. The molecule has 0 atom stereocenters. The van der Waals surface area contributed by atoms with Gasteiger partial charge in [-0.15, -0.1) is 0 Å². The summed E-state index contributed by atoms with van der Waals surface area (Å²) in [5.74, 6) is 0. The zero-order valence-corrected chi connectivity index (χ0v) is 4.39. The fourth-order valence-electron chi connectivity index (χ4n) is 0.227. The van der Waals surface area contributed by atoms with E-state index in [0.717, 1.165) is 0 Å². The monoisotopic (exact) mass is 99.1 g/mol. The Morgan fingerprint density at radius 3 is 2.57 bits per heavy atom. The Bertz CT molecular complexity index is 86.1. The first-order valence-corrected chi connectivity index (χ1v) is 2.04. The van der Waals surface area contributed by atoms with Gasteiger partial charge in [0.15, 0.2) is 0 Å². The molecule has 0 aromatic heterocycles. The molecule has 0 aliphatic rings. The van der Waals surface area contributed by atoms with Gasteiger partial charge in [-0.3, -0.25) is 4.99 Å². The molecule has 0 rings (SSSR count). The molecule has 0 amide bonds. The Hall–Kier alpha value is -0.630. The van der Waals surface area contributed by atoms with E-state index in [2.05, 4.69) is 11.6 Å². The third-order valence-corrected chi connectivity index (χ3v) is 0.685. The maximum atomic E-state index is 8.32. The van der Waals surface area contributed by atoms with Gasteiger partial charge in [0, 0.05) is 7.05 Å². The van der Waals surface area contributed by atoms with E-state index in [1.165, 1.54) is 6.08 Å². The zero-order chi connectivity index (χ0) is 5.70. The van der Waals surface area contributed by atoms with Crippen molar-refractivity contribution in [1.29, 1.82) is 0 Å². The largest absolute Gasteiger partial charge is 0.390 e. The van der Waals surface area contributed by atoms with E-state index in [9.17, 15) is 0 Å². The molecule has 0 aliphatic heterocycles. The lowest BCUT2D eigenvalue weighted by Gasteiger charge is -1.86. The van der Waals surface area contributed by atoms with Crippen molar-refractivity contribution in [3.63, 3.8) is 0 Å². The molecule has 0 saturated carbocycles. The first-order chi connectivity index (χ1) is 3.35. The molecule has 0 heterocycles. The SMILES string of the molecule is C=C/C(CO)=N\C. The lowest BCUT2D eigenvalue weighted by Crippen LogP contribution is -1.97. The van der Waals surface area contributed by atoms with Gasteiger partial charge in [0.1, 0.15) is 0 Å². The average Bonchev–Trinajstić information content (AvgIpc) is 1.72. The van der Waals surface area contributed by atoms with Crippen molar-refractivity contribution < 1.29 is 5.11 Å². The molecule has 0 spiro atoms.